The summed E-state index contributed by atoms with van der Waals surface area (Å²) in [6.07, 6.45) is -21.1. The van der Waals surface area contributed by atoms with E-state index < -0.39 is 183 Å². The third-order valence-electron chi connectivity index (χ3n) is 16.5. The van der Waals surface area contributed by atoms with Gasteiger partial charge in [-0.15, -0.1) is 22.7 Å². The largest absolute Gasteiger partial charge is 0.441 e. The van der Waals surface area contributed by atoms with Gasteiger partial charge in [-0.2, -0.15) is 0 Å². The van der Waals surface area contributed by atoms with Crippen LogP contribution in [-0.2, 0) is 54.1 Å². The van der Waals surface area contributed by atoms with Gasteiger partial charge in [0.15, 0.2) is 18.7 Å². The first kappa shape index (κ1) is 83.2. The van der Waals surface area contributed by atoms with Crippen LogP contribution in [0.3, 0.4) is 0 Å². The van der Waals surface area contributed by atoms with Crippen LogP contribution in [-0.4, -0.2) is 275 Å². The monoisotopic (exact) mass is 1480 g/mol. The first-order valence-corrected chi connectivity index (χ1v) is 34.6. The highest BCUT2D eigenvalue weighted by molar-refractivity contribution is 7.14. The molecule has 6 heterocycles. The number of ether oxygens (including phenoxy) is 5. The zero-order valence-corrected chi connectivity index (χ0v) is 58.3. The van der Waals surface area contributed by atoms with Crippen LogP contribution in [0.4, 0.5) is 10.6 Å². The number of unbranched alkanes of at least 4 members (excludes halogenated alkanes) is 1. The second-order valence-corrected chi connectivity index (χ2v) is 26.1. The summed E-state index contributed by atoms with van der Waals surface area (Å²) in [5.74, 6) is -8.71. The topological polar surface area (TPSA) is 651 Å². The third-order valence-corrected chi connectivity index (χ3v) is 18.3. The fraction of sp³-hybridized carbons (Fsp3) is 0.650. The lowest BCUT2D eigenvalue weighted by molar-refractivity contribution is -0.372. The second kappa shape index (κ2) is 40.4. The number of imidazole rings is 1. The smallest absolute Gasteiger partial charge is 0.404 e. The molecule has 0 bridgehead atoms. The lowest BCUT2D eigenvalue weighted by Gasteiger charge is -2.47. The quantitative estimate of drug-likeness (QED) is 0.0183. The number of nitrogens with one attached hydrogen (secondary N) is 9. The van der Waals surface area contributed by atoms with Gasteiger partial charge >= 0.3 is 6.09 Å². The maximum atomic E-state index is 15.2. The van der Waals surface area contributed by atoms with Gasteiger partial charge in [-0.3, -0.25) is 33.6 Å². The molecule has 0 radical (unpaired) electrons. The number of aromatic amines is 1. The first-order valence-electron chi connectivity index (χ1n) is 32.9. The first-order chi connectivity index (χ1) is 48.5. The normalized spacial score (nSPS) is 23.2. The van der Waals surface area contributed by atoms with Gasteiger partial charge in [0.05, 0.1) is 72.7 Å². The van der Waals surface area contributed by atoms with Gasteiger partial charge in [0, 0.05) is 48.8 Å². The molecule has 4 aromatic heterocycles. The molecule has 4 aromatic rings. The minimum absolute atomic E-state index is 0.0112. The van der Waals surface area contributed by atoms with Gasteiger partial charge in [0.2, 0.25) is 29.5 Å². The Morgan fingerprint density at radius 1 is 0.725 bits per heavy atom. The second-order valence-electron chi connectivity index (χ2n) is 24.3. The Labute approximate surface area is 593 Å². The number of H-pyrrole nitrogens is 1. The van der Waals surface area contributed by atoms with Crippen LogP contribution in [0.2, 0.25) is 0 Å². The average molecular weight is 1480 g/mol. The lowest BCUT2D eigenvalue weighted by Crippen LogP contribution is -2.65. The number of nitrogens with two attached hydrogens (primary N) is 5. The predicted molar refractivity (Wildman–Crippen MR) is 360 cm³/mol. The number of carbonyl (C=O) groups excluding carboxylic acids is 8. The summed E-state index contributed by atoms with van der Waals surface area (Å²) in [6.45, 7) is 8.84. The zero-order chi connectivity index (χ0) is 75.1. The van der Waals surface area contributed by atoms with Gasteiger partial charge in [-0.1, -0.05) is 20.3 Å². The summed E-state index contributed by atoms with van der Waals surface area (Å²) < 4.78 is 28.8. The van der Waals surface area contributed by atoms with E-state index in [1.807, 2.05) is 0 Å². The molecule has 0 saturated carbocycles. The molecule has 102 heavy (non-hydrogen) atoms. The number of primary amides is 3. The van der Waals surface area contributed by atoms with Crippen molar-refractivity contribution < 1.29 is 103 Å². The van der Waals surface area contributed by atoms with Gasteiger partial charge in [-0.05, 0) is 66.2 Å². The van der Waals surface area contributed by atoms with E-state index in [9.17, 15) is 74.4 Å². The summed E-state index contributed by atoms with van der Waals surface area (Å²) in [6, 6.07) is -7.86. The molecule has 8 amide bonds. The van der Waals surface area contributed by atoms with E-state index in [1.54, 1.807) is 10.8 Å². The highest BCUT2D eigenvalue weighted by atomic mass is 32.1. The minimum Gasteiger partial charge on any atom is -0.441 e. The Hall–Kier alpha value is -7.73. The van der Waals surface area contributed by atoms with Crippen molar-refractivity contribution in [2.24, 2.45) is 28.9 Å². The molecule has 2 fully saturated rings. The number of nitrogen functional groups attached to an aromatic ring is 1. The number of anilines is 1. The van der Waals surface area contributed by atoms with Crippen LogP contribution in [0.15, 0.2) is 23.3 Å². The number of aliphatic hydroxyl groups is 8. The van der Waals surface area contributed by atoms with Crippen LogP contribution in [0.1, 0.15) is 115 Å². The number of thiazole rings is 2. The number of nitrogens with zero attached hydrogens (tertiary/aromatic N) is 5. The van der Waals surface area contributed by atoms with Crippen molar-refractivity contribution in [3.63, 3.8) is 0 Å². The lowest BCUT2D eigenvalue weighted by atomic mass is 9.96. The van der Waals surface area contributed by atoms with E-state index in [1.165, 1.54) is 50.4 Å². The maximum absolute atomic E-state index is 15.2. The SMILES string of the molecule is CCCCNCCCNCCCNC(=O)c1csc(-c2csc(CCNC(=O)[C@@H](NC(=O)[C@@H](C)[C@H](O)[C@@H](C)NC(=O)[C@@H](NC(=O)c3nc([C@H](CC(N)=O)NC[C@H](N)C(N)=O)nc(N)c3C)[C@@H](O[C@@H]3O[C@@H](CO)[C@@H](O)[C@H](O)[C@@H]3O[C@H]3O[C@H](CO)[C@@H](O)[C@H](OC(N)=O)[C@@H]3O)c3cnc[nH]3)[C@@H](C)O)n2)n1. The van der Waals surface area contributed by atoms with Crippen molar-refractivity contribution in [3.8, 4) is 10.7 Å². The van der Waals surface area contributed by atoms with Crippen LogP contribution in [0.5, 0.6) is 0 Å². The molecule has 42 heteroatoms. The molecule has 0 aromatic carbocycles. The van der Waals surface area contributed by atoms with Crippen molar-refractivity contribution in [2.75, 3.05) is 64.8 Å². The molecule has 40 nitrogen and oxygen atoms in total. The number of amides is 8. The summed E-state index contributed by atoms with van der Waals surface area (Å²) in [5.41, 5.74) is 28.1. The third kappa shape index (κ3) is 23.4. The molecule has 2 aliphatic heterocycles. The molecule has 0 aliphatic carbocycles. The molecule has 0 unspecified atom stereocenters. The average Bonchev–Trinajstić information content (AvgIpc) is 0.813. The Balaban J connectivity index is 1.20. The number of hydrogen-bond donors (Lipinski definition) is 22. The molecule has 6 rings (SSSR count). The fourth-order valence-corrected chi connectivity index (χ4v) is 12.2. The van der Waals surface area contributed by atoms with Gasteiger partial charge in [0.25, 0.3) is 11.8 Å². The van der Waals surface area contributed by atoms with E-state index >= 15 is 4.79 Å². The molecule has 0 spiro atoms. The fourth-order valence-electron chi connectivity index (χ4n) is 10.5. The van der Waals surface area contributed by atoms with E-state index in [-0.39, 0.29) is 54.0 Å². The Morgan fingerprint density at radius 2 is 1.39 bits per heavy atom. The van der Waals surface area contributed by atoms with E-state index in [0.29, 0.717) is 22.3 Å². The van der Waals surface area contributed by atoms with Gasteiger partial charge < -0.3 is 141 Å². The van der Waals surface area contributed by atoms with E-state index in [0.717, 1.165) is 64.4 Å². The van der Waals surface area contributed by atoms with Crippen molar-refractivity contribution >= 4 is 75.9 Å². The summed E-state index contributed by atoms with van der Waals surface area (Å²) in [5, 5.41) is 115. The maximum Gasteiger partial charge on any atom is 0.404 e. The number of rotatable bonds is 42. The van der Waals surface area contributed by atoms with Crippen molar-refractivity contribution in [1.82, 2.24) is 72.4 Å². The van der Waals surface area contributed by atoms with Crippen LogP contribution in [0, 0.1) is 12.8 Å². The Kier molecular flexibility index (Phi) is 32.9. The zero-order valence-electron chi connectivity index (χ0n) is 56.7. The number of carbonyl (C=O) groups is 8. The van der Waals surface area contributed by atoms with Crippen LogP contribution >= 0.6 is 22.7 Å². The number of aliphatic hydroxyl groups excluding tert-OH is 8. The Morgan fingerprint density at radius 3 is 2.02 bits per heavy atom. The number of aromatic nitrogens is 6. The Bertz CT molecular complexity index is 3380. The molecule has 568 valence electrons. The molecule has 2 saturated heterocycles. The van der Waals surface area contributed by atoms with Crippen LogP contribution in [0.25, 0.3) is 10.7 Å². The molecular formula is C60H95N19O21S2. The number of hydrogen-bond acceptors (Lipinski definition) is 33. The van der Waals surface area contributed by atoms with Crippen LogP contribution < -0.4 is 71.2 Å². The van der Waals surface area contributed by atoms with Crippen molar-refractivity contribution in [2.45, 2.75) is 183 Å². The highest BCUT2D eigenvalue weighted by Crippen LogP contribution is 2.35. The molecular weight excluding hydrogens is 1390 g/mol. The molecule has 27 N–H and O–H groups in total. The van der Waals surface area contributed by atoms with E-state index in [2.05, 4.69) is 79.4 Å². The summed E-state index contributed by atoms with van der Waals surface area (Å²) >= 11 is 2.52. The standard InChI is InChI=1S/C60H95N19O21S2/c1-6-7-11-66-12-8-13-67-14-9-15-69-53(91)32-22-102-57(75-32)33-23-101-37(74-33)10-16-70-54(92)39(28(5)82)77-52(90)26(3)41(84)27(4)73-56(94)40(78-55(93)38-25(2)49(63)79-51(76-38)30(17-36(62)83)71-18-29(61)50(64)89)46(31-19-68-24-72-31)98-59-48(44(87)42(85)34(20-80)97-59)99-58-45(88)47(100-60(65)95)43(86)35(21-81)96-58/h19,22-24,26-30,34-35,39-48,58-59,66-67,71,80-82,84-88H,6-18,20-21,61H2,1-5H3,(H2,62,83)(H2,64,89)(H2,65,95)(H,68,72)(H,69,91)(H,70,92)(H,73,94)(H,77,90)(H,78,93)(H2,63,76,79)/t26-,27+,28+,29-,30-,34-,35+,39-,40-,41-,42+,43+,44-,45-,46-,47-,48-,58+,59-/m0/s1. The molecule has 2 aliphatic rings. The van der Waals surface area contributed by atoms with Gasteiger partial charge in [-0.25, -0.2) is 29.7 Å². The summed E-state index contributed by atoms with van der Waals surface area (Å²) in [4.78, 5) is 131. The highest BCUT2D eigenvalue weighted by Gasteiger charge is 2.54. The summed E-state index contributed by atoms with van der Waals surface area (Å²) in [7, 11) is 0. The van der Waals surface area contributed by atoms with E-state index in [4.69, 9.17) is 52.4 Å². The van der Waals surface area contributed by atoms with Gasteiger partial charge in [0.1, 0.15) is 94.6 Å². The minimum atomic E-state index is -2.20. The molecule has 19 atom stereocenters. The van der Waals surface area contributed by atoms with Crippen molar-refractivity contribution in [3.05, 3.63) is 56.8 Å². The van der Waals surface area contributed by atoms with Crippen molar-refractivity contribution in [1.29, 1.82) is 0 Å². The predicted octanol–water partition coefficient (Wildman–Crippen LogP) is -7.21.